The van der Waals surface area contributed by atoms with Crippen LogP contribution in [0.3, 0.4) is 0 Å². The van der Waals surface area contributed by atoms with E-state index in [2.05, 4.69) is 5.32 Å². The van der Waals surface area contributed by atoms with Gasteiger partial charge in [0.1, 0.15) is 11.2 Å². The molecule has 2 atom stereocenters. The fourth-order valence-corrected chi connectivity index (χ4v) is 3.88. The van der Waals surface area contributed by atoms with E-state index in [1.54, 1.807) is 38.1 Å². The number of rotatable bonds is 6. The van der Waals surface area contributed by atoms with Crippen molar-refractivity contribution < 1.29 is 28.6 Å². The number of carbonyl (C=O) groups is 3. The molecule has 0 fully saturated rings. The molecular formula is C21H23NO6. The van der Waals surface area contributed by atoms with Gasteiger partial charge < -0.3 is 19.5 Å². The predicted octanol–water partition coefficient (Wildman–Crippen LogP) is 2.48. The summed E-state index contributed by atoms with van der Waals surface area (Å²) in [5, 5.41) is 2.80. The minimum Gasteiger partial charge on any atom is -0.501 e. The number of hydrogen-bond acceptors (Lipinski definition) is 6. The number of fused-ring (bicyclic) bond motifs is 2. The lowest BCUT2D eigenvalue weighted by Crippen LogP contribution is -2.51. The smallest absolute Gasteiger partial charge is 0.334 e. The highest BCUT2D eigenvalue weighted by atomic mass is 16.5. The van der Waals surface area contributed by atoms with Crippen molar-refractivity contribution in [3.05, 3.63) is 53.5 Å². The van der Waals surface area contributed by atoms with Gasteiger partial charge in [0.15, 0.2) is 5.78 Å². The van der Waals surface area contributed by atoms with Gasteiger partial charge in [0.05, 0.1) is 32.2 Å². The van der Waals surface area contributed by atoms with Crippen molar-refractivity contribution in [1.82, 2.24) is 0 Å². The van der Waals surface area contributed by atoms with E-state index in [-0.39, 0.29) is 25.4 Å². The van der Waals surface area contributed by atoms with Crippen molar-refractivity contribution >= 4 is 23.3 Å². The van der Waals surface area contributed by atoms with Crippen molar-refractivity contribution in [2.45, 2.75) is 25.7 Å². The molecule has 1 aromatic rings. The van der Waals surface area contributed by atoms with Crippen LogP contribution in [-0.4, -0.2) is 38.0 Å². The average Bonchev–Trinajstić information content (AvgIpc) is 2.97. The van der Waals surface area contributed by atoms with Crippen LogP contribution in [0.4, 0.5) is 5.69 Å². The maximum Gasteiger partial charge on any atom is 0.334 e. The van der Waals surface area contributed by atoms with Gasteiger partial charge in [-0.25, -0.2) is 4.79 Å². The van der Waals surface area contributed by atoms with Crippen molar-refractivity contribution in [3.8, 4) is 0 Å². The first kappa shape index (κ1) is 19.7. The minimum atomic E-state index is -1.52. The molecule has 3 rings (SSSR count). The zero-order valence-electron chi connectivity index (χ0n) is 16.1. The highest BCUT2D eigenvalue weighted by Crippen LogP contribution is 2.51. The van der Waals surface area contributed by atoms with Gasteiger partial charge in [0, 0.05) is 24.1 Å². The van der Waals surface area contributed by atoms with Gasteiger partial charge in [-0.3, -0.25) is 9.59 Å². The Kier molecular flexibility index (Phi) is 5.53. The summed E-state index contributed by atoms with van der Waals surface area (Å²) in [6.45, 7) is 3.94. The molecule has 0 bridgehead atoms. The fraction of sp³-hybridized carbons (Fsp3) is 0.381. The van der Waals surface area contributed by atoms with Gasteiger partial charge in [0.25, 0.3) is 0 Å². The van der Waals surface area contributed by atoms with Crippen molar-refractivity contribution in [2.75, 3.05) is 25.6 Å². The lowest BCUT2D eigenvalue weighted by atomic mass is 9.63. The highest BCUT2D eigenvalue weighted by Gasteiger charge is 2.60. The monoisotopic (exact) mass is 385 g/mol. The van der Waals surface area contributed by atoms with Crippen LogP contribution in [0.2, 0.25) is 0 Å². The lowest BCUT2D eigenvalue weighted by Gasteiger charge is -2.38. The van der Waals surface area contributed by atoms with Gasteiger partial charge in [0.2, 0.25) is 5.91 Å². The summed E-state index contributed by atoms with van der Waals surface area (Å²) in [7, 11) is 1.46. The first-order valence-corrected chi connectivity index (χ1v) is 9.20. The highest BCUT2D eigenvalue weighted by molar-refractivity contribution is 6.25. The molecule has 2 aliphatic rings. The number of ketones is 1. The summed E-state index contributed by atoms with van der Waals surface area (Å²) < 4.78 is 16.1. The third-order valence-corrected chi connectivity index (χ3v) is 5.03. The molecule has 1 amide bonds. The topological polar surface area (TPSA) is 90.9 Å². The first-order chi connectivity index (χ1) is 13.5. The van der Waals surface area contributed by atoms with Crippen LogP contribution in [-0.2, 0) is 34.0 Å². The number of anilines is 1. The Bertz CT molecular complexity index is 871. The summed E-state index contributed by atoms with van der Waals surface area (Å²) in [4.78, 5) is 38.5. The van der Waals surface area contributed by atoms with Crippen LogP contribution >= 0.6 is 0 Å². The van der Waals surface area contributed by atoms with E-state index in [0.717, 1.165) is 0 Å². The molecule has 1 aromatic carbocycles. The average molecular weight is 385 g/mol. The van der Waals surface area contributed by atoms with Crippen LogP contribution < -0.4 is 5.32 Å². The number of nitrogens with one attached hydrogen (secondary N) is 1. The molecule has 1 N–H and O–H groups in total. The van der Waals surface area contributed by atoms with Crippen LogP contribution in [0.25, 0.3) is 0 Å². The number of hydrogen-bond donors (Lipinski definition) is 1. The molecule has 7 heteroatoms. The summed E-state index contributed by atoms with van der Waals surface area (Å²) >= 11 is 0. The van der Waals surface area contributed by atoms with E-state index >= 15 is 0 Å². The second-order valence-corrected chi connectivity index (χ2v) is 6.48. The minimum absolute atomic E-state index is 0.204. The van der Waals surface area contributed by atoms with Gasteiger partial charge in [-0.1, -0.05) is 18.2 Å². The van der Waals surface area contributed by atoms with Crippen LogP contribution in [0, 0.1) is 5.92 Å². The molecule has 1 heterocycles. The fourth-order valence-electron chi connectivity index (χ4n) is 3.88. The molecule has 28 heavy (non-hydrogen) atoms. The molecule has 0 aromatic heterocycles. The van der Waals surface area contributed by atoms with E-state index in [1.807, 2.05) is 0 Å². The second-order valence-electron chi connectivity index (χ2n) is 6.48. The van der Waals surface area contributed by atoms with Crippen molar-refractivity contribution in [1.29, 1.82) is 0 Å². The van der Waals surface area contributed by atoms with E-state index in [4.69, 9.17) is 14.2 Å². The Morgan fingerprint density at radius 1 is 1.21 bits per heavy atom. The molecule has 0 unspecified atom stereocenters. The number of benzene rings is 1. The van der Waals surface area contributed by atoms with Gasteiger partial charge >= 0.3 is 5.97 Å². The van der Waals surface area contributed by atoms with Crippen molar-refractivity contribution in [2.24, 2.45) is 5.92 Å². The van der Waals surface area contributed by atoms with Crippen molar-refractivity contribution in [3.63, 3.8) is 0 Å². The first-order valence-electron chi connectivity index (χ1n) is 9.20. The van der Waals surface area contributed by atoms with E-state index in [0.29, 0.717) is 17.0 Å². The number of amides is 1. The summed E-state index contributed by atoms with van der Waals surface area (Å²) in [5.41, 5.74) is -0.380. The lowest BCUT2D eigenvalue weighted by molar-refractivity contribution is -0.138. The quantitative estimate of drug-likeness (QED) is 0.350. The third-order valence-electron chi connectivity index (χ3n) is 5.03. The molecule has 148 valence electrons. The number of ether oxygens (including phenoxy) is 3. The van der Waals surface area contributed by atoms with Crippen LogP contribution in [0.1, 0.15) is 25.8 Å². The molecule has 1 aliphatic carbocycles. The predicted molar refractivity (Wildman–Crippen MR) is 101 cm³/mol. The SMILES string of the molecule is CCOC(=O)/C=C(/OCC)[C@@H]1CC(OC)=CC(=O)[C@]12C(=O)Nc1ccccc12. The van der Waals surface area contributed by atoms with E-state index in [1.165, 1.54) is 19.3 Å². The normalized spacial score (nSPS) is 23.8. The Hall–Kier alpha value is -3.09. The molecule has 1 aliphatic heterocycles. The molecule has 0 radical (unpaired) electrons. The Labute approximate surface area is 163 Å². The molecule has 7 nitrogen and oxygen atoms in total. The number of esters is 1. The Morgan fingerprint density at radius 2 is 1.93 bits per heavy atom. The summed E-state index contributed by atoms with van der Waals surface area (Å²) in [6, 6.07) is 7.06. The zero-order chi connectivity index (χ0) is 20.3. The maximum atomic E-state index is 13.3. The molecule has 0 saturated heterocycles. The molecule has 0 saturated carbocycles. The number of para-hydroxylation sites is 1. The summed E-state index contributed by atoms with van der Waals surface area (Å²) in [6.07, 6.45) is 2.81. The number of methoxy groups -OCH3 is 1. The molecule has 1 spiro atoms. The van der Waals surface area contributed by atoms with Crippen LogP contribution in [0.15, 0.2) is 47.9 Å². The van der Waals surface area contributed by atoms with Gasteiger partial charge in [-0.15, -0.1) is 0 Å². The van der Waals surface area contributed by atoms with Crippen LogP contribution in [0.5, 0.6) is 0 Å². The Balaban J connectivity index is 2.21. The Morgan fingerprint density at radius 3 is 2.61 bits per heavy atom. The standard InChI is InChI=1S/C21H23NO6/c1-4-27-17(12-19(24)28-5-2)15-10-13(26-3)11-18(23)21(15)14-8-6-7-9-16(14)22-20(21)25/h6-9,11-12,15H,4-5,10H2,1-3H3,(H,22,25)/b17-12+/t15-,21+/m0/s1. The zero-order valence-corrected chi connectivity index (χ0v) is 16.1. The van der Waals surface area contributed by atoms with E-state index in [9.17, 15) is 14.4 Å². The van der Waals surface area contributed by atoms with Gasteiger partial charge in [-0.05, 0) is 25.5 Å². The third kappa shape index (κ3) is 3.06. The summed E-state index contributed by atoms with van der Waals surface area (Å²) in [5.74, 6) is -1.53. The van der Waals surface area contributed by atoms with Gasteiger partial charge in [-0.2, -0.15) is 0 Å². The number of carbonyl (C=O) groups excluding carboxylic acids is 3. The largest absolute Gasteiger partial charge is 0.501 e. The van der Waals surface area contributed by atoms with E-state index < -0.39 is 29.0 Å². The molecular weight excluding hydrogens is 362 g/mol. The second kappa shape index (κ2) is 7.88. The number of allylic oxidation sites excluding steroid dienone is 3. The maximum absolute atomic E-state index is 13.3.